The Labute approximate surface area is 116 Å². The highest BCUT2D eigenvalue weighted by molar-refractivity contribution is 6.45. The summed E-state index contributed by atoms with van der Waals surface area (Å²) in [4.78, 5) is 4.61. The van der Waals surface area contributed by atoms with Crippen LogP contribution in [0.5, 0.6) is 0 Å². The first-order valence-electron chi connectivity index (χ1n) is 7.14. The molecule has 3 nitrogen and oxygen atoms in total. The zero-order valence-corrected chi connectivity index (χ0v) is 12.7. The molecule has 4 heteroatoms. The number of pyridine rings is 1. The van der Waals surface area contributed by atoms with Gasteiger partial charge in [0.15, 0.2) is 0 Å². The highest BCUT2D eigenvalue weighted by Crippen LogP contribution is 2.37. The van der Waals surface area contributed by atoms with E-state index >= 15 is 0 Å². The van der Waals surface area contributed by atoms with E-state index in [9.17, 15) is 0 Å². The van der Waals surface area contributed by atoms with Gasteiger partial charge in [-0.3, -0.25) is 4.98 Å². The summed E-state index contributed by atoms with van der Waals surface area (Å²) in [6.45, 7) is 10.5. The van der Waals surface area contributed by atoms with E-state index in [1.165, 1.54) is 0 Å². The van der Waals surface area contributed by atoms with Gasteiger partial charge in [0.1, 0.15) is 0 Å². The van der Waals surface area contributed by atoms with Gasteiger partial charge in [-0.15, -0.1) is 0 Å². The predicted octanol–water partition coefficient (Wildman–Crippen LogP) is 3.28. The van der Waals surface area contributed by atoms with Crippen LogP contribution in [-0.2, 0) is 22.2 Å². The van der Waals surface area contributed by atoms with Crippen molar-refractivity contribution in [2.75, 3.05) is 0 Å². The van der Waals surface area contributed by atoms with Gasteiger partial charge in [-0.1, -0.05) is 13.0 Å². The molecule has 0 unspecified atom stereocenters. The molecule has 1 aromatic heterocycles. The fraction of sp³-hybridized carbons (Fsp3) is 0.667. The largest absolute Gasteiger partial charge is 0.458 e. The Morgan fingerprint density at radius 3 is 2.21 bits per heavy atom. The predicted molar refractivity (Wildman–Crippen MR) is 78.2 cm³/mol. The van der Waals surface area contributed by atoms with E-state index in [1.54, 1.807) is 0 Å². The van der Waals surface area contributed by atoms with Crippen molar-refractivity contribution in [1.29, 1.82) is 0 Å². The molecule has 0 aliphatic carbocycles. The monoisotopic (exact) mass is 261 g/mol. The Balaban J connectivity index is 1.93. The van der Waals surface area contributed by atoms with Crippen molar-refractivity contribution in [3.63, 3.8) is 0 Å². The van der Waals surface area contributed by atoms with E-state index in [0.29, 0.717) is 0 Å². The maximum atomic E-state index is 5.99. The number of aryl methyl sites for hydroxylation is 2. The van der Waals surface area contributed by atoms with E-state index in [-0.39, 0.29) is 18.3 Å². The molecule has 1 aromatic rings. The number of hydrogen-bond donors (Lipinski definition) is 0. The van der Waals surface area contributed by atoms with Crippen molar-refractivity contribution >= 4 is 7.12 Å². The molecule has 2 rings (SSSR count). The minimum Gasteiger partial charge on any atom is -0.403 e. The van der Waals surface area contributed by atoms with Crippen molar-refractivity contribution in [2.45, 2.75) is 65.0 Å². The van der Waals surface area contributed by atoms with Crippen molar-refractivity contribution < 1.29 is 9.31 Å². The summed E-state index contributed by atoms with van der Waals surface area (Å²) >= 11 is 0. The number of rotatable bonds is 4. The van der Waals surface area contributed by atoms with Crippen molar-refractivity contribution in [3.05, 3.63) is 29.6 Å². The number of aromatic nitrogens is 1. The smallest absolute Gasteiger partial charge is 0.403 e. The van der Waals surface area contributed by atoms with E-state index in [4.69, 9.17) is 9.31 Å². The van der Waals surface area contributed by atoms with Gasteiger partial charge in [-0.25, -0.2) is 0 Å². The fourth-order valence-electron chi connectivity index (χ4n) is 2.21. The molecular formula is C15H24BNO2. The summed E-state index contributed by atoms with van der Waals surface area (Å²) in [6.07, 6.45) is 2.72. The van der Waals surface area contributed by atoms with Crippen LogP contribution in [0.3, 0.4) is 0 Å². The van der Waals surface area contributed by atoms with Crippen LogP contribution in [0, 0.1) is 0 Å². The average Bonchev–Trinajstić information content (AvgIpc) is 2.56. The Kier molecular flexibility index (Phi) is 4.02. The molecule has 2 heterocycles. The summed E-state index contributed by atoms with van der Waals surface area (Å²) < 4.78 is 12.0. The minimum atomic E-state index is -0.240. The van der Waals surface area contributed by atoms with Gasteiger partial charge < -0.3 is 9.31 Å². The second-order valence-corrected chi connectivity index (χ2v) is 6.20. The Bertz CT molecular complexity index is 430. The highest BCUT2D eigenvalue weighted by Gasteiger charge is 2.50. The SMILES string of the molecule is CCc1cccc(CCB2OC(C)(C)C(C)(C)O2)n1. The lowest BCUT2D eigenvalue weighted by atomic mass is 9.82. The van der Waals surface area contributed by atoms with E-state index in [2.05, 4.69) is 57.8 Å². The van der Waals surface area contributed by atoms with Crippen LogP contribution in [-0.4, -0.2) is 23.3 Å². The highest BCUT2D eigenvalue weighted by atomic mass is 16.7. The van der Waals surface area contributed by atoms with Crippen LogP contribution < -0.4 is 0 Å². The Hall–Kier alpha value is -0.865. The normalized spacial score (nSPS) is 20.8. The van der Waals surface area contributed by atoms with Crippen LogP contribution in [0.4, 0.5) is 0 Å². The Morgan fingerprint density at radius 1 is 1.05 bits per heavy atom. The van der Waals surface area contributed by atoms with Gasteiger partial charge in [0, 0.05) is 11.4 Å². The molecular weight excluding hydrogens is 237 g/mol. The molecule has 1 aliphatic heterocycles. The topological polar surface area (TPSA) is 31.4 Å². The third-order valence-electron chi connectivity index (χ3n) is 4.16. The molecule has 1 saturated heterocycles. The maximum Gasteiger partial charge on any atom is 0.458 e. The quantitative estimate of drug-likeness (QED) is 0.779. The summed E-state index contributed by atoms with van der Waals surface area (Å²) in [5.74, 6) is 0. The van der Waals surface area contributed by atoms with Crippen LogP contribution in [0.1, 0.15) is 46.0 Å². The zero-order valence-electron chi connectivity index (χ0n) is 12.7. The molecule has 0 saturated carbocycles. The molecule has 0 atom stereocenters. The molecule has 0 radical (unpaired) electrons. The standard InChI is InChI=1S/C15H24BNO2/c1-6-12-8-7-9-13(17-12)10-11-16-18-14(2,3)15(4,5)19-16/h7-9H,6,10-11H2,1-5H3. The number of hydrogen-bond acceptors (Lipinski definition) is 3. The lowest BCUT2D eigenvalue weighted by molar-refractivity contribution is 0.00578. The van der Waals surface area contributed by atoms with E-state index in [0.717, 1.165) is 30.5 Å². The molecule has 1 aliphatic rings. The first-order chi connectivity index (χ1) is 8.84. The summed E-state index contributed by atoms with van der Waals surface area (Å²) in [7, 11) is -0.128. The second-order valence-electron chi connectivity index (χ2n) is 6.20. The lowest BCUT2D eigenvalue weighted by Crippen LogP contribution is -2.41. The van der Waals surface area contributed by atoms with Crippen LogP contribution in [0.2, 0.25) is 6.32 Å². The number of nitrogens with zero attached hydrogens (tertiary/aromatic N) is 1. The molecule has 0 N–H and O–H groups in total. The molecule has 1 fully saturated rings. The third-order valence-corrected chi connectivity index (χ3v) is 4.16. The van der Waals surface area contributed by atoms with Gasteiger partial charge in [0.2, 0.25) is 0 Å². The van der Waals surface area contributed by atoms with Gasteiger partial charge in [0.05, 0.1) is 11.2 Å². The lowest BCUT2D eigenvalue weighted by Gasteiger charge is -2.32. The van der Waals surface area contributed by atoms with Crippen LogP contribution in [0.25, 0.3) is 0 Å². The van der Waals surface area contributed by atoms with Crippen molar-refractivity contribution in [3.8, 4) is 0 Å². The molecule has 0 aromatic carbocycles. The van der Waals surface area contributed by atoms with E-state index in [1.807, 2.05) is 0 Å². The molecule has 0 bridgehead atoms. The van der Waals surface area contributed by atoms with Crippen LogP contribution >= 0.6 is 0 Å². The maximum absolute atomic E-state index is 5.99. The van der Waals surface area contributed by atoms with E-state index < -0.39 is 0 Å². The van der Waals surface area contributed by atoms with Gasteiger partial charge in [-0.05, 0) is 59.0 Å². The minimum absolute atomic E-state index is 0.128. The first-order valence-corrected chi connectivity index (χ1v) is 7.14. The molecule has 104 valence electrons. The second kappa shape index (κ2) is 5.26. The van der Waals surface area contributed by atoms with Gasteiger partial charge >= 0.3 is 7.12 Å². The van der Waals surface area contributed by atoms with Crippen molar-refractivity contribution in [1.82, 2.24) is 4.98 Å². The van der Waals surface area contributed by atoms with Gasteiger partial charge in [-0.2, -0.15) is 0 Å². The summed E-state index contributed by atoms with van der Waals surface area (Å²) in [5.41, 5.74) is 1.78. The zero-order chi connectivity index (χ0) is 14.1. The molecule has 0 spiro atoms. The molecule has 19 heavy (non-hydrogen) atoms. The summed E-state index contributed by atoms with van der Waals surface area (Å²) in [5, 5.41) is 0. The van der Waals surface area contributed by atoms with Crippen molar-refractivity contribution in [2.24, 2.45) is 0 Å². The van der Waals surface area contributed by atoms with Crippen LogP contribution in [0.15, 0.2) is 18.2 Å². The third kappa shape index (κ3) is 3.18. The molecule has 0 amide bonds. The average molecular weight is 261 g/mol. The Morgan fingerprint density at radius 2 is 1.63 bits per heavy atom. The first kappa shape index (κ1) is 14.5. The van der Waals surface area contributed by atoms with Gasteiger partial charge in [0.25, 0.3) is 0 Å². The summed E-state index contributed by atoms with van der Waals surface area (Å²) in [6, 6.07) is 6.22. The fourth-order valence-corrected chi connectivity index (χ4v) is 2.21.